The number of aromatic nitrogens is 10. The van der Waals surface area contributed by atoms with Crippen LogP contribution in [0, 0.1) is 0 Å². The fourth-order valence-electron chi connectivity index (χ4n) is 15.4. The third-order valence-electron chi connectivity index (χ3n) is 21.3. The van der Waals surface area contributed by atoms with Gasteiger partial charge in [-0.3, -0.25) is 9.97 Å². The molecule has 0 saturated heterocycles. The van der Waals surface area contributed by atoms with Crippen LogP contribution in [-0.4, -0.2) is 49.8 Å². The molecule has 10 heteroatoms. The molecule has 0 fully saturated rings. The van der Waals surface area contributed by atoms with E-state index in [1.54, 1.807) is 0 Å². The topological polar surface area (TPSA) is 129 Å². The van der Waals surface area contributed by atoms with Gasteiger partial charge in [0.15, 0.2) is 0 Å². The highest BCUT2D eigenvalue weighted by Gasteiger charge is 2.16. The van der Waals surface area contributed by atoms with Gasteiger partial charge in [-0.15, -0.1) is 0 Å². The van der Waals surface area contributed by atoms with Crippen LogP contribution in [0.3, 0.4) is 0 Å². The van der Waals surface area contributed by atoms with E-state index in [9.17, 15) is 0 Å². The summed E-state index contributed by atoms with van der Waals surface area (Å²) >= 11 is 0. The highest BCUT2D eigenvalue weighted by Crippen LogP contribution is 2.37. The maximum atomic E-state index is 5.19. The average molecular weight is 1430 g/mol. The Hall–Kier alpha value is -15.3. The minimum Gasteiger partial charge on any atom is -0.254 e. The van der Waals surface area contributed by atoms with E-state index >= 15 is 0 Å². The smallest absolute Gasteiger partial charge is 0.0972 e. The summed E-state index contributed by atoms with van der Waals surface area (Å²) < 4.78 is 0. The van der Waals surface area contributed by atoms with Crippen molar-refractivity contribution < 1.29 is 0 Å². The number of pyridine rings is 10. The molecule has 0 aliphatic rings. The zero-order valence-corrected chi connectivity index (χ0v) is 60.3. The van der Waals surface area contributed by atoms with Crippen LogP contribution in [0.15, 0.2) is 376 Å². The molecule has 0 spiro atoms. The molecule has 22 rings (SSSR count). The van der Waals surface area contributed by atoms with Crippen molar-refractivity contribution >= 4 is 109 Å². The Morgan fingerprint density at radius 3 is 0.741 bits per heavy atom. The molecule has 10 heterocycles. The summed E-state index contributed by atoms with van der Waals surface area (Å²) in [6, 6.07) is 127. The zero-order valence-electron chi connectivity index (χ0n) is 60.3. The Morgan fingerprint density at radius 1 is 0.125 bits per heavy atom. The Morgan fingerprint density at radius 2 is 0.348 bits per heavy atom. The summed E-state index contributed by atoms with van der Waals surface area (Å²) in [6.07, 6.45) is 3.65. The average Bonchev–Trinajstić information content (AvgIpc) is 0.789. The number of hydrogen-bond donors (Lipinski definition) is 0. The third kappa shape index (κ3) is 12.3. The Bertz CT molecular complexity index is 7270. The van der Waals surface area contributed by atoms with E-state index in [-0.39, 0.29) is 0 Å². The molecule has 0 aliphatic carbocycles. The van der Waals surface area contributed by atoms with E-state index in [1.807, 2.05) is 48.8 Å². The molecule has 0 saturated carbocycles. The van der Waals surface area contributed by atoms with Crippen molar-refractivity contribution in [3.05, 3.63) is 376 Å². The number of benzene rings is 12. The molecule has 0 bridgehead atoms. The standard InChI is InChI=1S/C54H32N6.C48H30N4/c1-5-39(29-41(6-1)47-25-21-37-15-13-35-9-3-27-55-51(35)53(37)59-47)40-17-11-33-20-24-46(58-49(33)31-40)44-18-12-34-19-23-45(57-50(34)32-44)42-7-2-8-43(30-42)48-26-22-38-16-14-36-10-4-28-56-52(36)54(38)60-48;1-3-7-31(8-4-1)39-19-15-35-22-26-44(50-45(35)29-39)40-20-16-36-21-25-41(49-46(36)30-40)33-11-13-34(14-12-33)43-28-24-38-18-17-37-23-27-42(32-9-5-2-6-10-32)51-47(37)48(38)52-43/h1-32H;1-30H. The van der Waals surface area contributed by atoms with E-state index in [2.05, 4.69) is 338 Å². The van der Waals surface area contributed by atoms with Gasteiger partial charge >= 0.3 is 0 Å². The second kappa shape index (κ2) is 27.5. The molecule has 0 amide bonds. The molecular weight excluding hydrogens is 1370 g/mol. The van der Waals surface area contributed by atoms with Gasteiger partial charge in [-0.25, -0.2) is 39.9 Å². The molecule has 112 heavy (non-hydrogen) atoms. The highest BCUT2D eigenvalue weighted by atomic mass is 14.8. The SMILES string of the molecule is c1cc(-c2ccc3ccc(-c4ccc5ccc(-c6cccc(-c7ccc8ccc9cccnc9c8n7)c6)nc5c4)nc3c2)cc(-c2ccc3ccc4cccnc4c3n2)c1.c1ccc(-c2ccc3ccc(-c4ccc5ccc(-c6ccc(-c7ccc8ccc9ccc(-c%10ccccc%10)nc9c8n7)cc6)nc5c4)nc3c2)cc1. The van der Waals surface area contributed by atoms with E-state index < -0.39 is 0 Å². The van der Waals surface area contributed by atoms with Crippen molar-refractivity contribution in [3.63, 3.8) is 0 Å². The number of nitrogens with zero attached hydrogens (tertiary/aromatic N) is 10. The fourth-order valence-corrected chi connectivity index (χ4v) is 15.4. The second-order valence-electron chi connectivity index (χ2n) is 28.3. The lowest BCUT2D eigenvalue weighted by atomic mass is 9.99. The van der Waals surface area contributed by atoms with Gasteiger partial charge in [-0.05, 0) is 119 Å². The Labute approximate surface area is 643 Å². The monoisotopic (exact) mass is 1430 g/mol. The van der Waals surface area contributed by atoms with Gasteiger partial charge < -0.3 is 0 Å². The van der Waals surface area contributed by atoms with Crippen molar-refractivity contribution in [1.82, 2.24) is 49.8 Å². The summed E-state index contributed by atoms with van der Waals surface area (Å²) in [6.45, 7) is 0. The quantitative estimate of drug-likeness (QED) is 0.122. The molecule has 0 atom stereocenters. The first-order valence-corrected chi connectivity index (χ1v) is 37.5. The van der Waals surface area contributed by atoms with E-state index in [0.717, 1.165) is 216 Å². The number of hydrogen-bond acceptors (Lipinski definition) is 10. The first-order chi connectivity index (χ1) is 55.4. The minimum atomic E-state index is 0.898. The molecule has 10 aromatic heterocycles. The maximum absolute atomic E-state index is 5.19. The van der Waals surface area contributed by atoms with Gasteiger partial charge in [-0.1, -0.05) is 267 Å². The van der Waals surface area contributed by atoms with Crippen LogP contribution >= 0.6 is 0 Å². The first-order valence-electron chi connectivity index (χ1n) is 37.5. The minimum absolute atomic E-state index is 0.898. The van der Waals surface area contributed by atoms with Gasteiger partial charge in [0.25, 0.3) is 0 Å². The van der Waals surface area contributed by atoms with Crippen molar-refractivity contribution in [1.29, 1.82) is 0 Å². The largest absolute Gasteiger partial charge is 0.254 e. The molecule has 10 nitrogen and oxygen atoms in total. The molecule has 22 aromatic rings. The Balaban J connectivity index is 0.000000143. The summed E-state index contributed by atoms with van der Waals surface area (Å²) in [5, 5.41) is 10.8. The predicted octanol–water partition coefficient (Wildman–Crippen LogP) is 25.5. The second-order valence-corrected chi connectivity index (χ2v) is 28.3. The highest BCUT2D eigenvalue weighted by molar-refractivity contribution is 6.06. The van der Waals surface area contributed by atoms with Gasteiger partial charge in [0.05, 0.1) is 101 Å². The molecular formula is C102H62N10. The van der Waals surface area contributed by atoms with E-state index in [4.69, 9.17) is 39.9 Å². The normalized spacial score (nSPS) is 11.6. The summed E-state index contributed by atoms with van der Waals surface area (Å²) in [5.74, 6) is 0. The van der Waals surface area contributed by atoms with Gasteiger partial charge in [0, 0.05) is 111 Å². The van der Waals surface area contributed by atoms with Crippen molar-refractivity contribution in [2.75, 3.05) is 0 Å². The van der Waals surface area contributed by atoms with Crippen LogP contribution in [0.1, 0.15) is 0 Å². The lowest BCUT2D eigenvalue weighted by molar-refractivity contribution is 1.36. The van der Waals surface area contributed by atoms with Crippen LogP contribution in [-0.2, 0) is 0 Å². The lowest BCUT2D eigenvalue weighted by Crippen LogP contribution is -1.91. The van der Waals surface area contributed by atoms with Gasteiger partial charge in [0.1, 0.15) is 0 Å². The van der Waals surface area contributed by atoms with E-state index in [0.29, 0.717) is 0 Å². The van der Waals surface area contributed by atoms with Crippen molar-refractivity contribution in [2.24, 2.45) is 0 Å². The molecule has 0 aliphatic heterocycles. The Kier molecular flexibility index (Phi) is 16.0. The zero-order chi connectivity index (χ0) is 74.0. The number of rotatable bonds is 10. The third-order valence-corrected chi connectivity index (χ3v) is 21.3. The molecule has 0 radical (unpaired) electrons. The van der Waals surface area contributed by atoms with E-state index in [1.165, 1.54) is 5.56 Å². The fraction of sp³-hybridized carbons (Fsp3) is 0. The van der Waals surface area contributed by atoms with Crippen LogP contribution < -0.4 is 0 Å². The summed E-state index contributed by atoms with van der Waals surface area (Å²) in [7, 11) is 0. The van der Waals surface area contributed by atoms with Gasteiger partial charge in [0.2, 0.25) is 0 Å². The van der Waals surface area contributed by atoms with Crippen LogP contribution in [0.4, 0.5) is 0 Å². The maximum Gasteiger partial charge on any atom is 0.0972 e. The molecule has 0 unspecified atom stereocenters. The number of fused-ring (bicyclic) bond motifs is 13. The predicted molar refractivity (Wildman–Crippen MR) is 460 cm³/mol. The van der Waals surface area contributed by atoms with Crippen LogP contribution in [0.2, 0.25) is 0 Å². The van der Waals surface area contributed by atoms with Gasteiger partial charge in [-0.2, -0.15) is 0 Å². The van der Waals surface area contributed by atoms with Crippen molar-refractivity contribution in [3.8, 4) is 112 Å². The molecule has 12 aromatic carbocycles. The first kappa shape index (κ1) is 65.1. The molecule has 520 valence electrons. The summed E-state index contributed by atoms with van der Waals surface area (Å²) in [4.78, 5) is 50.2. The lowest BCUT2D eigenvalue weighted by Gasteiger charge is -2.10. The summed E-state index contributed by atoms with van der Waals surface area (Å²) in [5.41, 5.74) is 29.4. The molecule has 0 N–H and O–H groups in total. The van der Waals surface area contributed by atoms with Crippen molar-refractivity contribution in [2.45, 2.75) is 0 Å². The van der Waals surface area contributed by atoms with Crippen LogP contribution in [0.5, 0.6) is 0 Å². The van der Waals surface area contributed by atoms with Crippen LogP contribution in [0.25, 0.3) is 221 Å².